The van der Waals surface area contributed by atoms with Crippen LogP contribution >= 0.6 is 0 Å². The van der Waals surface area contributed by atoms with Gasteiger partial charge in [-0.05, 0) is 67.2 Å². The highest BCUT2D eigenvalue weighted by atomic mass is 32.2. The van der Waals surface area contributed by atoms with Crippen LogP contribution in [0.3, 0.4) is 0 Å². The normalized spacial score (nSPS) is 16.6. The van der Waals surface area contributed by atoms with E-state index in [2.05, 4.69) is 32.1 Å². The molecule has 0 aliphatic carbocycles. The number of nitrogens with one attached hydrogen (secondary N) is 1. The topological polar surface area (TPSA) is 83.3 Å². The molecule has 3 aromatic rings. The van der Waals surface area contributed by atoms with Crippen molar-refractivity contribution in [2.24, 2.45) is 0 Å². The van der Waals surface area contributed by atoms with Gasteiger partial charge in [-0.15, -0.1) is 5.10 Å². The number of rotatable bonds is 7. The van der Waals surface area contributed by atoms with E-state index in [1.807, 2.05) is 18.3 Å². The van der Waals surface area contributed by atoms with Crippen LogP contribution in [-0.2, 0) is 24.4 Å². The van der Waals surface area contributed by atoms with Crippen molar-refractivity contribution in [3.8, 4) is 5.69 Å². The van der Waals surface area contributed by atoms with E-state index in [1.165, 1.54) is 17.7 Å². The van der Waals surface area contributed by atoms with Gasteiger partial charge in [0.25, 0.3) is 0 Å². The predicted octanol–water partition coefficient (Wildman–Crippen LogP) is 3.01. The molecule has 9 heteroatoms. The highest BCUT2D eigenvalue weighted by molar-refractivity contribution is 7.77. The number of aromatic nitrogens is 3. The molecular weight excluding hydrogens is 405 g/mol. The first-order chi connectivity index (χ1) is 14.6. The molecule has 2 N–H and O–H groups in total. The van der Waals surface area contributed by atoms with Gasteiger partial charge in [0.2, 0.25) is 11.3 Å². The van der Waals surface area contributed by atoms with Gasteiger partial charge in [0, 0.05) is 13.1 Å². The van der Waals surface area contributed by atoms with E-state index in [1.54, 1.807) is 16.8 Å². The summed E-state index contributed by atoms with van der Waals surface area (Å²) in [5.41, 5.74) is 3.96. The van der Waals surface area contributed by atoms with Crippen LogP contribution in [0.15, 0.2) is 54.7 Å². The van der Waals surface area contributed by atoms with E-state index >= 15 is 0 Å². The molecule has 1 fully saturated rings. The Morgan fingerprint density at radius 1 is 1.17 bits per heavy atom. The summed E-state index contributed by atoms with van der Waals surface area (Å²) in [6.07, 6.45) is 3.99. The second-order valence-corrected chi connectivity index (χ2v) is 8.28. The average Bonchev–Trinajstić information content (AvgIpc) is 3.22. The van der Waals surface area contributed by atoms with Crippen molar-refractivity contribution >= 4 is 11.3 Å². The summed E-state index contributed by atoms with van der Waals surface area (Å²) in [6.45, 7) is 3.05. The Kier molecular flexibility index (Phi) is 6.63. The third-order valence-electron chi connectivity index (χ3n) is 5.43. The van der Waals surface area contributed by atoms with Gasteiger partial charge in [0.05, 0.1) is 17.6 Å². The van der Waals surface area contributed by atoms with Gasteiger partial charge in [0.15, 0.2) is 0 Å². The first kappa shape index (κ1) is 20.8. The minimum atomic E-state index is -2.00. The lowest BCUT2D eigenvalue weighted by molar-refractivity contribution is 0.202. The van der Waals surface area contributed by atoms with E-state index in [-0.39, 0.29) is 5.82 Å². The summed E-state index contributed by atoms with van der Waals surface area (Å²) < 4.78 is 37.0. The van der Waals surface area contributed by atoms with Crippen molar-refractivity contribution in [3.05, 3.63) is 77.4 Å². The first-order valence-electron chi connectivity index (χ1n) is 9.89. The van der Waals surface area contributed by atoms with E-state index in [0.29, 0.717) is 12.5 Å². The van der Waals surface area contributed by atoms with Crippen LogP contribution in [0.25, 0.3) is 5.69 Å². The zero-order chi connectivity index (χ0) is 20.9. The number of benzene rings is 2. The van der Waals surface area contributed by atoms with Gasteiger partial charge < -0.3 is 0 Å². The molecule has 1 unspecified atom stereocenters. The van der Waals surface area contributed by atoms with Crippen molar-refractivity contribution in [2.75, 3.05) is 13.1 Å². The first-order valence-corrected chi connectivity index (χ1v) is 11.0. The van der Waals surface area contributed by atoms with Gasteiger partial charge in [-0.25, -0.2) is 18.0 Å². The van der Waals surface area contributed by atoms with Crippen LogP contribution in [0.1, 0.15) is 35.6 Å². The fourth-order valence-corrected chi connectivity index (χ4v) is 4.14. The van der Waals surface area contributed by atoms with Gasteiger partial charge in [-0.2, -0.15) is 0 Å². The second kappa shape index (κ2) is 9.57. The summed E-state index contributed by atoms with van der Waals surface area (Å²) in [5.74, 6) is 0.211. The molecule has 0 radical (unpaired) electrons. The number of nitrogens with zero attached hydrogens (tertiary/aromatic N) is 4. The Labute approximate surface area is 177 Å². The fraction of sp³-hybridized carbons (Fsp3) is 0.333. The highest BCUT2D eigenvalue weighted by Gasteiger charge is 2.21. The summed E-state index contributed by atoms with van der Waals surface area (Å²) in [5, 5.41) is 8.41. The van der Waals surface area contributed by atoms with Gasteiger partial charge >= 0.3 is 0 Å². The third kappa shape index (κ3) is 5.37. The minimum Gasteiger partial charge on any atom is -0.297 e. The van der Waals surface area contributed by atoms with Crippen molar-refractivity contribution in [1.82, 2.24) is 24.6 Å². The molecule has 1 atom stereocenters. The Morgan fingerprint density at radius 2 is 1.93 bits per heavy atom. The molecule has 7 nitrogen and oxygen atoms in total. The van der Waals surface area contributed by atoms with Crippen molar-refractivity contribution in [2.45, 2.75) is 31.8 Å². The molecular formula is C21H24FN5O2S. The summed E-state index contributed by atoms with van der Waals surface area (Å²) in [4.78, 5) is 2.37. The van der Waals surface area contributed by atoms with Crippen LogP contribution in [0.2, 0.25) is 0 Å². The molecule has 2 aromatic carbocycles. The lowest BCUT2D eigenvalue weighted by Crippen LogP contribution is -2.32. The zero-order valence-electron chi connectivity index (χ0n) is 16.4. The minimum absolute atomic E-state index is 0.271. The van der Waals surface area contributed by atoms with Gasteiger partial charge in [0.1, 0.15) is 5.82 Å². The lowest BCUT2D eigenvalue weighted by Gasteiger charge is -2.31. The van der Waals surface area contributed by atoms with Crippen LogP contribution in [0, 0.1) is 5.82 Å². The average molecular weight is 430 g/mol. The van der Waals surface area contributed by atoms with Crippen molar-refractivity contribution < 1.29 is 13.2 Å². The van der Waals surface area contributed by atoms with Crippen LogP contribution in [0.5, 0.6) is 0 Å². The molecule has 0 bridgehead atoms. The Hall–Kier alpha value is -2.46. The maximum Gasteiger partial charge on any atom is 0.232 e. The zero-order valence-corrected chi connectivity index (χ0v) is 17.3. The Balaban J connectivity index is 1.31. The van der Waals surface area contributed by atoms with E-state index < -0.39 is 11.3 Å². The number of halogens is 1. The van der Waals surface area contributed by atoms with Gasteiger partial charge in [-0.1, -0.05) is 29.5 Å². The largest absolute Gasteiger partial charge is 0.297 e. The highest BCUT2D eigenvalue weighted by Crippen LogP contribution is 2.29. The smallest absolute Gasteiger partial charge is 0.232 e. The quantitative estimate of drug-likeness (QED) is 0.564. The molecule has 0 amide bonds. The number of hydrogen-bond acceptors (Lipinski definition) is 4. The SMILES string of the molecule is O=S(O)NCc1cccc(C2CCN(Cc3cn(-c4ccc(F)cc4)nn3)CC2)c1. The molecule has 1 aliphatic heterocycles. The van der Waals surface area contributed by atoms with Crippen LogP contribution in [0.4, 0.5) is 4.39 Å². The maximum atomic E-state index is 13.1. The summed E-state index contributed by atoms with van der Waals surface area (Å²) in [7, 11) is 0. The summed E-state index contributed by atoms with van der Waals surface area (Å²) in [6, 6.07) is 14.4. The molecule has 4 rings (SSSR count). The molecule has 2 heterocycles. The summed E-state index contributed by atoms with van der Waals surface area (Å²) >= 11 is -2.00. The lowest BCUT2D eigenvalue weighted by atomic mass is 9.88. The number of piperidine rings is 1. The Bertz CT molecular complexity index is 1000. The molecule has 158 valence electrons. The van der Waals surface area contributed by atoms with E-state index in [0.717, 1.165) is 49.4 Å². The third-order valence-corrected chi connectivity index (χ3v) is 5.82. The second-order valence-electron chi connectivity index (χ2n) is 7.50. The molecule has 1 aliphatic rings. The molecule has 1 saturated heterocycles. The predicted molar refractivity (Wildman–Crippen MR) is 113 cm³/mol. The number of likely N-dealkylation sites (tertiary alicyclic amines) is 1. The van der Waals surface area contributed by atoms with E-state index in [4.69, 9.17) is 4.55 Å². The van der Waals surface area contributed by atoms with Crippen molar-refractivity contribution in [3.63, 3.8) is 0 Å². The van der Waals surface area contributed by atoms with Crippen molar-refractivity contribution in [1.29, 1.82) is 0 Å². The Morgan fingerprint density at radius 3 is 2.67 bits per heavy atom. The molecule has 1 aromatic heterocycles. The van der Waals surface area contributed by atoms with Crippen LogP contribution < -0.4 is 4.72 Å². The molecule has 0 spiro atoms. The maximum absolute atomic E-state index is 13.1. The fourth-order valence-electron chi connectivity index (χ4n) is 3.85. The van der Waals surface area contributed by atoms with E-state index in [9.17, 15) is 8.60 Å². The van der Waals surface area contributed by atoms with Crippen LogP contribution in [-0.4, -0.2) is 41.7 Å². The van der Waals surface area contributed by atoms with Gasteiger partial charge in [-0.3, -0.25) is 9.45 Å². The molecule has 30 heavy (non-hydrogen) atoms. The monoisotopic (exact) mass is 429 g/mol. The molecule has 0 saturated carbocycles. The standard InChI is InChI=1S/C21H24FN5O2S/c22-19-4-6-21(7-5-19)27-15-20(24-25-27)14-26-10-8-17(9-11-26)18-3-1-2-16(12-18)13-23-30(28)29/h1-7,12,15,17,23H,8-11,13-14H2,(H,28,29). The number of hydrogen-bond donors (Lipinski definition) is 2.